The van der Waals surface area contributed by atoms with E-state index in [-0.39, 0.29) is 10.6 Å². The van der Waals surface area contributed by atoms with Gasteiger partial charge in [0.1, 0.15) is 5.75 Å². The van der Waals surface area contributed by atoms with Crippen LogP contribution in [0.2, 0.25) is 0 Å². The molecule has 2 aromatic rings. The first-order valence-corrected chi connectivity index (χ1v) is 6.79. The number of rotatable bonds is 3. The quantitative estimate of drug-likeness (QED) is 0.923. The van der Waals surface area contributed by atoms with Crippen LogP contribution >= 0.6 is 0 Å². The van der Waals surface area contributed by atoms with E-state index in [1.807, 2.05) is 6.07 Å². The van der Waals surface area contributed by atoms with E-state index in [0.717, 1.165) is 0 Å². The SMILES string of the molecule is CN(c1ccccc1)S(=O)(=O)c1cccc(O)c1. The van der Waals surface area contributed by atoms with Crippen LogP contribution in [0.15, 0.2) is 59.5 Å². The van der Waals surface area contributed by atoms with E-state index in [9.17, 15) is 13.5 Å². The van der Waals surface area contributed by atoms with Gasteiger partial charge in [0.25, 0.3) is 10.0 Å². The summed E-state index contributed by atoms with van der Waals surface area (Å²) in [7, 11) is -2.16. The van der Waals surface area contributed by atoms with Gasteiger partial charge in [-0.15, -0.1) is 0 Å². The molecule has 0 aliphatic heterocycles. The molecule has 0 radical (unpaired) electrons. The van der Waals surface area contributed by atoms with Gasteiger partial charge < -0.3 is 5.11 Å². The van der Waals surface area contributed by atoms with Gasteiger partial charge in [0.15, 0.2) is 0 Å². The van der Waals surface area contributed by atoms with Crippen molar-refractivity contribution in [1.82, 2.24) is 0 Å². The van der Waals surface area contributed by atoms with E-state index in [1.54, 1.807) is 24.3 Å². The summed E-state index contributed by atoms with van der Waals surface area (Å²) in [6, 6.07) is 14.4. The van der Waals surface area contributed by atoms with Crippen molar-refractivity contribution >= 4 is 15.7 Å². The van der Waals surface area contributed by atoms with Gasteiger partial charge in [-0.25, -0.2) is 8.42 Å². The van der Waals surface area contributed by atoms with E-state index in [0.29, 0.717) is 5.69 Å². The van der Waals surface area contributed by atoms with Crippen molar-refractivity contribution in [3.8, 4) is 5.75 Å². The Hall–Kier alpha value is -2.01. The fourth-order valence-corrected chi connectivity index (χ4v) is 2.81. The summed E-state index contributed by atoms with van der Waals surface area (Å²) in [5.74, 6) is -0.0717. The second-order valence-electron chi connectivity index (χ2n) is 3.81. The molecular formula is C13H13NO3S. The minimum Gasteiger partial charge on any atom is -0.508 e. The summed E-state index contributed by atoms with van der Waals surface area (Å²) in [5, 5.41) is 9.35. The molecule has 94 valence electrons. The number of aromatic hydroxyl groups is 1. The molecule has 0 saturated heterocycles. The fraction of sp³-hybridized carbons (Fsp3) is 0.0769. The van der Waals surface area contributed by atoms with Gasteiger partial charge in [-0.05, 0) is 24.3 Å². The van der Waals surface area contributed by atoms with Gasteiger partial charge >= 0.3 is 0 Å². The van der Waals surface area contributed by atoms with E-state index in [4.69, 9.17) is 0 Å². The smallest absolute Gasteiger partial charge is 0.264 e. The molecule has 18 heavy (non-hydrogen) atoms. The lowest BCUT2D eigenvalue weighted by atomic mass is 10.3. The lowest BCUT2D eigenvalue weighted by Crippen LogP contribution is -2.26. The maximum Gasteiger partial charge on any atom is 0.264 e. The number of para-hydroxylation sites is 1. The van der Waals surface area contributed by atoms with Crippen LogP contribution in [0.5, 0.6) is 5.75 Å². The van der Waals surface area contributed by atoms with Gasteiger partial charge in [-0.2, -0.15) is 0 Å². The predicted octanol–water partition coefficient (Wildman–Crippen LogP) is 2.22. The molecule has 0 saturated carbocycles. The van der Waals surface area contributed by atoms with Gasteiger partial charge in [0.05, 0.1) is 10.6 Å². The third-order valence-electron chi connectivity index (χ3n) is 2.60. The van der Waals surface area contributed by atoms with E-state index in [2.05, 4.69) is 0 Å². The molecule has 0 fully saturated rings. The van der Waals surface area contributed by atoms with Crippen molar-refractivity contribution in [3.05, 3.63) is 54.6 Å². The van der Waals surface area contributed by atoms with Crippen molar-refractivity contribution in [2.45, 2.75) is 4.90 Å². The topological polar surface area (TPSA) is 57.6 Å². The standard InChI is InChI=1S/C13H13NO3S/c1-14(11-6-3-2-4-7-11)18(16,17)13-9-5-8-12(15)10-13/h2-10,15H,1H3. The molecule has 0 amide bonds. The lowest BCUT2D eigenvalue weighted by Gasteiger charge is -2.19. The number of phenolic OH excluding ortho intramolecular Hbond substituents is 1. The van der Waals surface area contributed by atoms with E-state index in [1.165, 1.54) is 35.6 Å². The molecule has 0 aliphatic rings. The van der Waals surface area contributed by atoms with Crippen LogP contribution < -0.4 is 4.31 Å². The molecule has 1 N–H and O–H groups in total. The second kappa shape index (κ2) is 4.70. The Balaban J connectivity index is 2.44. The number of hydrogen-bond donors (Lipinski definition) is 1. The van der Waals surface area contributed by atoms with Gasteiger partial charge in [-0.3, -0.25) is 4.31 Å². The predicted molar refractivity (Wildman–Crippen MR) is 70.1 cm³/mol. The summed E-state index contributed by atoms with van der Waals surface area (Å²) in [4.78, 5) is 0.0638. The van der Waals surface area contributed by atoms with E-state index < -0.39 is 10.0 Å². The highest BCUT2D eigenvalue weighted by atomic mass is 32.2. The summed E-state index contributed by atoms with van der Waals surface area (Å²) >= 11 is 0. The molecule has 2 rings (SSSR count). The molecule has 0 atom stereocenters. The molecule has 2 aromatic carbocycles. The van der Waals surface area contributed by atoms with Crippen LogP contribution in [0.1, 0.15) is 0 Å². The Bertz CT molecular complexity index is 638. The molecule has 0 aromatic heterocycles. The maximum atomic E-state index is 12.3. The number of hydrogen-bond acceptors (Lipinski definition) is 3. The Kier molecular flexibility index (Phi) is 3.25. The summed E-state index contributed by atoms with van der Waals surface area (Å²) in [6.45, 7) is 0. The van der Waals surface area contributed by atoms with Crippen molar-refractivity contribution in [2.24, 2.45) is 0 Å². The van der Waals surface area contributed by atoms with Crippen molar-refractivity contribution in [2.75, 3.05) is 11.4 Å². The fourth-order valence-electron chi connectivity index (χ4n) is 1.58. The molecule has 0 heterocycles. The van der Waals surface area contributed by atoms with Gasteiger partial charge in [0.2, 0.25) is 0 Å². The Morgan fingerprint density at radius 2 is 1.67 bits per heavy atom. The monoisotopic (exact) mass is 263 g/mol. The van der Waals surface area contributed by atoms with Gasteiger partial charge in [-0.1, -0.05) is 24.3 Å². The highest BCUT2D eigenvalue weighted by Gasteiger charge is 2.21. The molecular weight excluding hydrogens is 250 g/mol. The number of benzene rings is 2. The zero-order valence-electron chi connectivity index (χ0n) is 9.82. The summed E-state index contributed by atoms with van der Waals surface area (Å²) in [5.41, 5.74) is 0.570. The first-order chi connectivity index (χ1) is 8.51. The minimum absolute atomic E-state index is 0.0638. The van der Waals surface area contributed by atoms with E-state index >= 15 is 0 Å². The van der Waals surface area contributed by atoms with Crippen LogP contribution in [0.3, 0.4) is 0 Å². The third-order valence-corrected chi connectivity index (χ3v) is 4.38. The number of phenols is 1. The number of nitrogens with zero attached hydrogens (tertiary/aromatic N) is 1. The van der Waals surface area contributed by atoms with Crippen molar-refractivity contribution in [1.29, 1.82) is 0 Å². The second-order valence-corrected chi connectivity index (χ2v) is 5.77. The molecule has 0 aliphatic carbocycles. The normalized spacial score (nSPS) is 11.2. The third kappa shape index (κ3) is 2.31. The largest absolute Gasteiger partial charge is 0.508 e. The van der Waals surface area contributed by atoms with Gasteiger partial charge in [0, 0.05) is 13.1 Å². The van der Waals surface area contributed by atoms with Crippen LogP contribution in [0, 0.1) is 0 Å². The van der Waals surface area contributed by atoms with Crippen LogP contribution in [0.25, 0.3) is 0 Å². The van der Waals surface area contributed by atoms with Crippen LogP contribution in [-0.2, 0) is 10.0 Å². The van der Waals surface area contributed by atoms with Crippen LogP contribution in [0.4, 0.5) is 5.69 Å². The highest BCUT2D eigenvalue weighted by molar-refractivity contribution is 7.92. The average molecular weight is 263 g/mol. The maximum absolute atomic E-state index is 12.3. The lowest BCUT2D eigenvalue weighted by molar-refractivity contribution is 0.473. The first-order valence-electron chi connectivity index (χ1n) is 5.35. The highest BCUT2D eigenvalue weighted by Crippen LogP contribution is 2.23. The molecule has 0 bridgehead atoms. The summed E-state index contributed by atoms with van der Waals surface area (Å²) < 4.78 is 25.8. The molecule has 4 nitrogen and oxygen atoms in total. The molecule has 0 unspecified atom stereocenters. The van der Waals surface area contributed by atoms with Crippen LogP contribution in [-0.4, -0.2) is 20.6 Å². The Labute approximate surface area is 106 Å². The molecule has 0 spiro atoms. The zero-order chi connectivity index (χ0) is 13.2. The Morgan fingerprint density at radius 1 is 1.00 bits per heavy atom. The molecule has 5 heteroatoms. The zero-order valence-corrected chi connectivity index (χ0v) is 10.6. The summed E-state index contributed by atoms with van der Waals surface area (Å²) in [6.07, 6.45) is 0. The first kappa shape index (κ1) is 12.4. The number of sulfonamides is 1. The number of anilines is 1. The van der Waals surface area contributed by atoms with Crippen molar-refractivity contribution in [3.63, 3.8) is 0 Å². The Morgan fingerprint density at radius 3 is 2.28 bits per heavy atom. The minimum atomic E-state index is -3.64. The van der Waals surface area contributed by atoms with Crippen molar-refractivity contribution < 1.29 is 13.5 Å². The average Bonchev–Trinajstić information content (AvgIpc) is 2.39.